The minimum absolute atomic E-state index is 0.0417. The van der Waals surface area contributed by atoms with E-state index in [4.69, 9.17) is 18.3 Å². The first kappa shape index (κ1) is 37.2. The Morgan fingerprint density at radius 2 is 1.51 bits per heavy atom. The number of halogens is 1. The zero-order chi connectivity index (χ0) is 34.9. The van der Waals surface area contributed by atoms with Crippen LogP contribution in [-0.2, 0) is 18.3 Å². The molecule has 3 aromatic rings. The number of aromatic nitrogens is 4. The van der Waals surface area contributed by atoms with Gasteiger partial charge in [0.2, 0.25) is 0 Å². The van der Waals surface area contributed by atoms with Gasteiger partial charge in [0, 0.05) is 16.3 Å². The molecule has 258 valence electrons. The number of nitrogens with zero attached hydrogens (tertiary/aromatic N) is 4. The monoisotopic (exact) mass is 797 g/mol. The Morgan fingerprint density at radius 3 is 2.09 bits per heavy atom. The van der Waals surface area contributed by atoms with Gasteiger partial charge in [-0.25, -0.2) is 24.5 Å². The van der Waals surface area contributed by atoms with Crippen molar-refractivity contribution in [2.75, 3.05) is 24.3 Å². The van der Waals surface area contributed by atoms with Gasteiger partial charge in [0.25, 0.3) is 0 Å². The van der Waals surface area contributed by atoms with Gasteiger partial charge in [-0.05, 0) is 83.1 Å². The Labute approximate surface area is 292 Å². The molecule has 1 saturated heterocycles. The standard InChI is InChI=1S/C31H48IN7O6Si2/c1-30(2,3)46(8,9)44-23-21(16-42-29(41)33-7)43-27(24(23)45-47(10,11)31(4,5)6)39-18-36-22-25(34-17-35-26(22)39)38-28(40)37-20-14-12-19(32)13-15-20/h12-15,17-18,21,23-24,27H,16H2,1-11H3,(H,33,41)(H2,34,35,37,38,40)/t21-,23-,24-,27-/m1/s1. The molecule has 0 unspecified atom stereocenters. The van der Waals surface area contributed by atoms with Crippen LogP contribution >= 0.6 is 22.6 Å². The number of fused-ring (bicyclic) bond motifs is 1. The normalized spacial score (nSPS) is 20.7. The molecule has 0 aliphatic carbocycles. The number of alkyl carbamates (subject to hydrolysis) is 1. The molecule has 2 aromatic heterocycles. The molecule has 3 N–H and O–H groups in total. The number of rotatable bonds is 9. The quantitative estimate of drug-likeness (QED) is 0.152. The zero-order valence-corrected chi connectivity index (χ0v) is 33.3. The number of ether oxygens (including phenoxy) is 2. The highest BCUT2D eigenvalue weighted by molar-refractivity contribution is 14.1. The first-order valence-corrected chi connectivity index (χ1v) is 22.5. The number of urea groups is 1. The third kappa shape index (κ3) is 8.51. The van der Waals surface area contributed by atoms with Gasteiger partial charge in [-0.15, -0.1) is 0 Å². The Bertz CT molecular complexity index is 1570. The fourth-order valence-electron chi connectivity index (χ4n) is 4.53. The van der Waals surface area contributed by atoms with E-state index in [1.807, 2.05) is 24.3 Å². The lowest BCUT2D eigenvalue weighted by atomic mass is 10.1. The fraction of sp³-hybridized carbons (Fsp3) is 0.581. The van der Waals surface area contributed by atoms with Crippen LogP contribution < -0.4 is 16.0 Å². The van der Waals surface area contributed by atoms with Crippen molar-refractivity contribution in [1.82, 2.24) is 24.8 Å². The smallest absolute Gasteiger partial charge is 0.406 e. The predicted molar refractivity (Wildman–Crippen MR) is 196 cm³/mol. The van der Waals surface area contributed by atoms with Crippen LogP contribution in [0.1, 0.15) is 47.8 Å². The Hall–Kier alpha value is -2.65. The molecule has 4 rings (SSSR count). The van der Waals surface area contributed by atoms with Gasteiger partial charge in [-0.2, -0.15) is 0 Å². The van der Waals surface area contributed by atoms with Gasteiger partial charge in [0.15, 0.2) is 39.8 Å². The maximum Gasteiger partial charge on any atom is 0.406 e. The minimum atomic E-state index is -2.41. The molecule has 0 saturated carbocycles. The second kappa shape index (κ2) is 14.1. The van der Waals surface area contributed by atoms with Crippen LogP contribution in [0.4, 0.5) is 21.1 Å². The van der Waals surface area contributed by atoms with Gasteiger partial charge in [0.05, 0.1) is 6.33 Å². The van der Waals surface area contributed by atoms with Gasteiger partial charge in [0.1, 0.15) is 31.2 Å². The van der Waals surface area contributed by atoms with E-state index in [0.717, 1.165) is 3.57 Å². The molecule has 1 aliphatic heterocycles. The van der Waals surface area contributed by atoms with E-state index in [-0.39, 0.29) is 22.5 Å². The van der Waals surface area contributed by atoms with Crippen molar-refractivity contribution in [2.24, 2.45) is 0 Å². The molecule has 47 heavy (non-hydrogen) atoms. The van der Waals surface area contributed by atoms with Crippen molar-refractivity contribution >= 4 is 74.0 Å². The molecule has 0 radical (unpaired) electrons. The zero-order valence-electron chi connectivity index (χ0n) is 29.1. The second-order valence-corrected chi connectivity index (χ2v) is 25.5. The fourth-order valence-corrected chi connectivity index (χ4v) is 7.49. The highest BCUT2D eigenvalue weighted by atomic mass is 127. The van der Waals surface area contributed by atoms with Crippen LogP contribution in [0.5, 0.6) is 0 Å². The average molecular weight is 798 g/mol. The third-order valence-corrected chi connectivity index (χ3v) is 19.0. The average Bonchev–Trinajstić information content (AvgIpc) is 3.53. The Balaban J connectivity index is 1.74. The van der Waals surface area contributed by atoms with Gasteiger partial charge >= 0.3 is 12.1 Å². The summed E-state index contributed by atoms with van der Waals surface area (Å²) in [7, 11) is -3.27. The highest BCUT2D eigenvalue weighted by Gasteiger charge is 2.55. The van der Waals surface area contributed by atoms with Crippen molar-refractivity contribution in [1.29, 1.82) is 0 Å². The molecular formula is C31H48IN7O6Si2. The van der Waals surface area contributed by atoms with Gasteiger partial charge in [-0.1, -0.05) is 41.5 Å². The van der Waals surface area contributed by atoms with Crippen LogP contribution in [0.25, 0.3) is 11.2 Å². The molecule has 13 nitrogen and oxygen atoms in total. The van der Waals surface area contributed by atoms with Crippen molar-refractivity contribution in [3.63, 3.8) is 0 Å². The SMILES string of the molecule is CNC(=O)OC[C@H]1O[C@@H](n2cnc3c(NC(=O)Nc4ccc(I)cc4)ncnc32)[C@H](O[Si](C)(C)C(C)(C)C)[C@@H]1O[Si](C)(C)C(C)(C)C. The van der Waals surface area contributed by atoms with E-state index in [1.54, 1.807) is 10.9 Å². The molecular weight excluding hydrogens is 749 g/mol. The lowest BCUT2D eigenvalue weighted by Crippen LogP contribution is -2.54. The number of hydrogen-bond donors (Lipinski definition) is 3. The number of nitrogens with one attached hydrogen (secondary N) is 3. The number of imidazole rings is 1. The summed E-state index contributed by atoms with van der Waals surface area (Å²) in [6.45, 7) is 21.8. The van der Waals surface area contributed by atoms with Gasteiger partial charge in [-0.3, -0.25) is 9.88 Å². The maximum atomic E-state index is 12.9. The van der Waals surface area contributed by atoms with Crippen LogP contribution in [0.3, 0.4) is 0 Å². The summed E-state index contributed by atoms with van der Waals surface area (Å²) in [4.78, 5) is 38.6. The summed E-state index contributed by atoms with van der Waals surface area (Å²) in [6, 6.07) is 6.97. The van der Waals surface area contributed by atoms with E-state index in [1.165, 1.54) is 13.4 Å². The third-order valence-electron chi connectivity index (χ3n) is 9.31. The molecule has 4 atom stereocenters. The number of benzene rings is 1. The topological polar surface area (TPSA) is 151 Å². The summed E-state index contributed by atoms with van der Waals surface area (Å²) < 4.78 is 29.3. The summed E-state index contributed by atoms with van der Waals surface area (Å²) in [5.41, 5.74) is 1.46. The molecule has 0 spiro atoms. The summed E-state index contributed by atoms with van der Waals surface area (Å²) in [5.74, 6) is 0.241. The van der Waals surface area contributed by atoms with E-state index < -0.39 is 53.3 Å². The van der Waals surface area contributed by atoms with Crippen molar-refractivity contribution < 1.29 is 27.9 Å². The molecule has 1 fully saturated rings. The largest absolute Gasteiger partial charge is 0.447 e. The first-order valence-electron chi connectivity index (χ1n) is 15.6. The molecule has 1 aromatic carbocycles. The van der Waals surface area contributed by atoms with E-state index in [2.05, 4.69) is 121 Å². The molecule has 1 aliphatic rings. The van der Waals surface area contributed by atoms with Crippen LogP contribution in [0.2, 0.25) is 36.3 Å². The van der Waals surface area contributed by atoms with E-state index in [9.17, 15) is 9.59 Å². The van der Waals surface area contributed by atoms with Gasteiger partial charge < -0.3 is 29.0 Å². The van der Waals surface area contributed by atoms with Crippen molar-refractivity contribution in [2.45, 2.75) is 102 Å². The number of hydrogen-bond acceptors (Lipinski definition) is 9. The lowest BCUT2D eigenvalue weighted by molar-refractivity contribution is -0.0513. The molecule has 16 heteroatoms. The van der Waals surface area contributed by atoms with E-state index >= 15 is 0 Å². The number of anilines is 2. The number of amides is 3. The lowest BCUT2D eigenvalue weighted by Gasteiger charge is -2.44. The summed E-state index contributed by atoms with van der Waals surface area (Å²) in [6.07, 6.45) is -0.101. The Morgan fingerprint density at radius 1 is 0.915 bits per heavy atom. The minimum Gasteiger partial charge on any atom is -0.447 e. The van der Waals surface area contributed by atoms with Crippen molar-refractivity contribution in [3.05, 3.63) is 40.5 Å². The van der Waals surface area contributed by atoms with Crippen LogP contribution in [0.15, 0.2) is 36.9 Å². The molecule has 3 amide bonds. The van der Waals surface area contributed by atoms with Crippen molar-refractivity contribution in [3.8, 4) is 0 Å². The predicted octanol–water partition coefficient (Wildman–Crippen LogP) is 7.11. The van der Waals surface area contributed by atoms with Crippen LogP contribution in [-0.4, -0.2) is 80.2 Å². The number of carbonyl (C=O) groups is 2. The van der Waals surface area contributed by atoms with Crippen LogP contribution in [0, 0.1) is 3.57 Å². The molecule has 0 bridgehead atoms. The maximum absolute atomic E-state index is 12.9. The summed E-state index contributed by atoms with van der Waals surface area (Å²) >= 11 is 2.21. The second-order valence-electron chi connectivity index (χ2n) is 14.7. The summed E-state index contributed by atoms with van der Waals surface area (Å²) in [5, 5.41) is 7.90. The van der Waals surface area contributed by atoms with E-state index in [0.29, 0.717) is 16.9 Å². The molecule has 3 heterocycles. The Kier molecular flexibility index (Phi) is 11.1. The number of carbonyl (C=O) groups excluding carboxylic acids is 2. The first-order chi connectivity index (χ1) is 21.7. The highest BCUT2D eigenvalue weighted by Crippen LogP contribution is 2.46.